The molecule has 0 bridgehead atoms. The van der Waals surface area contributed by atoms with Crippen LogP contribution in [0.15, 0.2) is 77.0 Å². The van der Waals surface area contributed by atoms with Gasteiger partial charge < -0.3 is 5.32 Å². The Bertz CT molecular complexity index is 1400. The van der Waals surface area contributed by atoms with E-state index in [0.29, 0.717) is 16.4 Å². The third-order valence-electron chi connectivity index (χ3n) is 4.87. The third-order valence-corrected chi connectivity index (χ3v) is 7.80. The molecule has 0 saturated carbocycles. The van der Waals surface area contributed by atoms with Crippen LogP contribution in [0.25, 0.3) is 16.7 Å². The summed E-state index contributed by atoms with van der Waals surface area (Å²) < 4.78 is 27.6. The fourth-order valence-electron chi connectivity index (χ4n) is 3.08. The molecule has 0 aliphatic rings. The molecule has 2 aromatic carbocycles. The third kappa shape index (κ3) is 4.75. The van der Waals surface area contributed by atoms with E-state index in [9.17, 15) is 13.2 Å². The molecule has 0 spiro atoms. The molecular weight excluding hydrogens is 460 g/mol. The summed E-state index contributed by atoms with van der Waals surface area (Å²) in [6.45, 7) is 1.76. The summed E-state index contributed by atoms with van der Waals surface area (Å²) in [5, 5.41) is 8.09. The first-order valence-electron chi connectivity index (χ1n) is 10.0. The van der Waals surface area contributed by atoms with Crippen LogP contribution in [0, 0.1) is 0 Å². The molecule has 9 nitrogen and oxygen atoms in total. The lowest BCUT2D eigenvalue weighted by Gasteiger charge is -2.14. The summed E-state index contributed by atoms with van der Waals surface area (Å²) in [4.78, 5) is 21.6. The van der Waals surface area contributed by atoms with Crippen molar-refractivity contribution in [3.8, 4) is 5.69 Å². The highest BCUT2D eigenvalue weighted by Gasteiger charge is 2.21. The number of carbonyl (C=O) groups is 1. The topological polar surface area (TPSA) is 110 Å². The molecule has 1 N–H and O–H groups in total. The van der Waals surface area contributed by atoms with Gasteiger partial charge in [0.05, 0.1) is 27.4 Å². The zero-order valence-corrected chi connectivity index (χ0v) is 19.8. The van der Waals surface area contributed by atoms with Gasteiger partial charge in [0.1, 0.15) is 11.4 Å². The van der Waals surface area contributed by atoms with Crippen molar-refractivity contribution in [2.24, 2.45) is 0 Å². The lowest BCUT2D eigenvalue weighted by molar-refractivity contribution is -0.115. The summed E-state index contributed by atoms with van der Waals surface area (Å²) in [6.07, 6.45) is 3.14. The average molecular weight is 483 g/mol. The van der Waals surface area contributed by atoms with Crippen molar-refractivity contribution in [2.75, 3.05) is 19.4 Å². The SMILES string of the molecule is CC(Sc1ncnc2c1cnn2-c1ccccc1)C(=O)Nc1cccc(S(=O)(=O)N(C)C)c1. The Morgan fingerprint density at radius 1 is 1.09 bits per heavy atom. The Hall–Kier alpha value is -3.28. The quantitative estimate of drug-likeness (QED) is 0.318. The summed E-state index contributed by atoms with van der Waals surface area (Å²) in [5.74, 6) is -0.276. The fourth-order valence-corrected chi connectivity index (χ4v) is 4.91. The number of anilines is 1. The van der Waals surface area contributed by atoms with E-state index in [4.69, 9.17) is 0 Å². The van der Waals surface area contributed by atoms with Crippen molar-refractivity contribution in [3.63, 3.8) is 0 Å². The highest BCUT2D eigenvalue weighted by molar-refractivity contribution is 8.00. The van der Waals surface area contributed by atoms with Crippen LogP contribution >= 0.6 is 11.8 Å². The van der Waals surface area contributed by atoms with Crippen LogP contribution < -0.4 is 5.32 Å². The van der Waals surface area contributed by atoms with Crippen molar-refractivity contribution in [1.82, 2.24) is 24.1 Å². The summed E-state index contributed by atoms with van der Waals surface area (Å²) >= 11 is 1.28. The van der Waals surface area contributed by atoms with Gasteiger partial charge in [0.2, 0.25) is 15.9 Å². The molecular formula is C22H22N6O3S2. The van der Waals surface area contributed by atoms with Gasteiger partial charge >= 0.3 is 0 Å². The lowest BCUT2D eigenvalue weighted by atomic mass is 10.3. The molecule has 4 aromatic rings. The zero-order valence-electron chi connectivity index (χ0n) is 18.2. The maximum Gasteiger partial charge on any atom is 0.242 e. The summed E-state index contributed by atoms with van der Waals surface area (Å²) in [5.41, 5.74) is 1.92. The lowest BCUT2D eigenvalue weighted by Crippen LogP contribution is -2.24. The number of fused-ring (bicyclic) bond motifs is 1. The van der Waals surface area contributed by atoms with Gasteiger partial charge in [0.25, 0.3) is 0 Å². The van der Waals surface area contributed by atoms with E-state index in [0.717, 1.165) is 15.4 Å². The second-order valence-corrected chi connectivity index (χ2v) is 10.9. The second kappa shape index (κ2) is 9.30. The van der Waals surface area contributed by atoms with E-state index in [-0.39, 0.29) is 10.8 Å². The van der Waals surface area contributed by atoms with Crippen LogP contribution in [-0.2, 0) is 14.8 Å². The van der Waals surface area contributed by atoms with Crippen LogP contribution in [0.3, 0.4) is 0 Å². The number of aromatic nitrogens is 4. The minimum absolute atomic E-state index is 0.108. The van der Waals surface area contributed by atoms with E-state index >= 15 is 0 Å². The van der Waals surface area contributed by atoms with Crippen LogP contribution in [-0.4, -0.2) is 57.7 Å². The normalized spacial score (nSPS) is 12.7. The number of sulfonamides is 1. The Kier molecular flexibility index (Phi) is 6.45. The van der Waals surface area contributed by atoms with Crippen LogP contribution in [0.5, 0.6) is 0 Å². The van der Waals surface area contributed by atoms with Crippen molar-refractivity contribution in [2.45, 2.75) is 22.1 Å². The fraction of sp³-hybridized carbons (Fsp3) is 0.182. The minimum Gasteiger partial charge on any atom is -0.325 e. The Morgan fingerprint density at radius 3 is 2.58 bits per heavy atom. The van der Waals surface area contributed by atoms with Crippen molar-refractivity contribution in [1.29, 1.82) is 0 Å². The maximum absolute atomic E-state index is 12.8. The van der Waals surface area contributed by atoms with Crippen LogP contribution in [0.4, 0.5) is 5.69 Å². The number of thioether (sulfide) groups is 1. The van der Waals surface area contributed by atoms with E-state index in [2.05, 4.69) is 20.4 Å². The van der Waals surface area contributed by atoms with E-state index in [1.54, 1.807) is 29.9 Å². The molecule has 0 aliphatic heterocycles. The number of rotatable bonds is 7. The molecule has 2 heterocycles. The van der Waals surface area contributed by atoms with Gasteiger partial charge in [-0.2, -0.15) is 5.10 Å². The molecule has 0 aliphatic carbocycles. The molecule has 0 radical (unpaired) electrons. The first-order chi connectivity index (χ1) is 15.8. The Balaban J connectivity index is 1.53. The van der Waals surface area contributed by atoms with Gasteiger partial charge in [-0.3, -0.25) is 4.79 Å². The highest BCUT2D eigenvalue weighted by Crippen LogP contribution is 2.29. The van der Waals surface area contributed by atoms with E-state index in [1.807, 2.05) is 30.3 Å². The molecule has 2 aromatic heterocycles. The first kappa shape index (κ1) is 22.9. The van der Waals surface area contributed by atoms with Crippen molar-refractivity contribution >= 4 is 44.4 Å². The monoisotopic (exact) mass is 482 g/mol. The molecule has 1 unspecified atom stereocenters. The smallest absolute Gasteiger partial charge is 0.242 e. The van der Waals surface area contributed by atoms with E-state index in [1.165, 1.54) is 44.3 Å². The van der Waals surface area contributed by atoms with Crippen molar-refractivity contribution < 1.29 is 13.2 Å². The van der Waals surface area contributed by atoms with E-state index < -0.39 is 15.3 Å². The Labute approximate surface area is 195 Å². The molecule has 33 heavy (non-hydrogen) atoms. The van der Waals surface area contributed by atoms with Crippen LogP contribution in [0.1, 0.15) is 6.92 Å². The summed E-state index contributed by atoms with van der Waals surface area (Å²) in [6, 6.07) is 15.8. The molecule has 1 atom stereocenters. The standard InChI is InChI=1S/C22H22N6O3S2/c1-15(21(29)26-16-8-7-11-18(12-16)33(30,31)27(2)3)32-22-19-13-25-28(20(19)23-14-24-22)17-9-5-4-6-10-17/h4-15H,1-3H3,(H,26,29). The van der Waals surface area contributed by atoms with Crippen molar-refractivity contribution in [3.05, 3.63) is 67.1 Å². The predicted octanol–water partition coefficient (Wildman–Crippen LogP) is 3.19. The Morgan fingerprint density at radius 2 is 1.85 bits per heavy atom. The predicted molar refractivity (Wildman–Crippen MR) is 128 cm³/mol. The number of hydrogen-bond acceptors (Lipinski definition) is 7. The maximum atomic E-state index is 12.8. The molecule has 4 rings (SSSR count). The molecule has 0 fully saturated rings. The summed E-state index contributed by atoms with van der Waals surface area (Å²) in [7, 11) is -0.678. The molecule has 11 heteroatoms. The van der Waals surface area contributed by atoms with Gasteiger partial charge in [0.15, 0.2) is 5.65 Å². The first-order valence-corrected chi connectivity index (χ1v) is 12.3. The van der Waals surface area contributed by atoms with Gasteiger partial charge in [0, 0.05) is 19.8 Å². The number of amides is 1. The van der Waals surface area contributed by atoms with Gasteiger partial charge in [-0.1, -0.05) is 36.0 Å². The zero-order chi connectivity index (χ0) is 23.6. The second-order valence-electron chi connectivity index (χ2n) is 7.37. The molecule has 1 amide bonds. The number of para-hydroxylation sites is 1. The minimum atomic E-state index is -3.60. The number of nitrogens with one attached hydrogen (secondary N) is 1. The van der Waals surface area contributed by atoms with Gasteiger partial charge in [-0.05, 0) is 37.3 Å². The largest absolute Gasteiger partial charge is 0.325 e. The molecule has 170 valence electrons. The van der Waals surface area contributed by atoms with Gasteiger partial charge in [-0.15, -0.1) is 0 Å². The number of nitrogens with zero attached hydrogens (tertiary/aromatic N) is 5. The average Bonchev–Trinajstić information content (AvgIpc) is 3.25. The molecule has 0 saturated heterocycles. The van der Waals surface area contributed by atoms with Gasteiger partial charge in [-0.25, -0.2) is 27.4 Å². The van der Waals surface area contributed by atoms with Crippen LogP contribution in [0.2, 0.25) is 0 Å². The highest BCUT2D eigenvalue weighted by atomic mass is 32.2. The number of benzene rings is 2. The number of carbonyl (C=O) groups excluding carboxylic acids is 1. The number of hydrogen-bond donors (Lipinski definition) is 1.